The van der Waals surface area contributed by atoms with Crippen molar-refractivity contribution < 1.29 is 17.1 Å². The smallest absolute Gasteiger partial charge is 0.328 e. The van der Waals surface area contributed by atoms with Crippen LogP contribution in [0.2, 0.25) is 0 Å². The monoisotopic (exact) mass is 378 g/mol. The van der Waals surface area contributed by atoms with Crippen LogP contribution in [0.3, 0.4) is 0 Å². The molecule has 134 valence electrons. The van der Waals surface area contributed by atoms with Crippen LogP contribution in [0.1, 0.15) is 51.9 Å². The van der Waals surface area contributed by atoms with Gasteiger partial charge in [0.25, 0.3) is 0 Å². The van der Waals surface area contributed by atoms with E-state index in [0.717, 1.165) is 22.3 Å². The number of benzene rings is 1. The van der Waals surface area contributed by atoms with Gasteiger partial charge in [0.05, 0.1) is 6.20 Å². The number of rotatable bonds is 3. The van der Waals surface area contributed by atoms with E-state index >= 15 is 0 Å². The fraction of sp³-hybridized carbons (Fsp3) is 0.450. The first kappa shape index (κ1) is 19.9. The number of hydrogen-bond acceptors (Lipinski definition) is 4. The van der Waals surface area contributed by atoms with Gasteiger partial charge in [-0.3, -0.25) is 5.43 Å². The van der Waals surface area contributed by atoms with Crippen molar-refractivity contribution in [2.75, 3.05) is 5.43 Å². The zero-order valence-electron chi connectivity index (χ0n) is 14.8. The molecule has 5 heteroatoms. The van der Waals surface area contributed by atoms with Crippen LogP contribution in [0.25, 0.3) is 10.8 Å². The number of hydrazone groups is 1. The van der Waals surface area contributed by atoms with Gasteiger partial charge < -0.3 is 12.8 Å². The van der Waals surface area contributed by atoms with Gasteiger partial charge in [-0.25, -0.2) is 0 Å². The van der Waals surface area contributed by atoms with Crippen molar-refractivity contribution in [2.45, 2.75) is 51.9 Å². The SMILES string of the molecule is CC(=NNc1nncc2ccccc12)C1[CH-]CCC1.[CH-]1CCCC1.[Fe+2]. The summed E-state index contributed by atoms with van der Waals surface area (Å²) < 4.78 is 0. The van der Waals surface area contributed by atoms with Gasteiger partial charge in [-0.1, -0.05) is 49.9 Å². The van der Waals surface area contributed by atoms with Crippen LogP contribution < -0.4 is 5.43 Å². The summed E-state index contributed by atoms with van der Waals surface area (Å²) in [6.07, 6.45) is 15.8. The van der Waals surface area contributed by atoms with Crippen molar-refractivity contribution in [3.63, 3.8) is 0 Å². The average molecular weight is 378 g/mol. The number of hydrogen-bond donors (Lipinski definition) is 1. The largest absolute Gasteiger partial charge is 2.00 e. The summed E-state index contributed by atoms with van der Waals surface area (Å²) in [7, 11) is 0. The van der Waals surface area contributed by atoms with E-state index in [4.69, 9.17) is 0 Å². The van der Waals surface area contributed by atoms with E-state index in [-0.39, 0.29) is 17.1 Å². The predicted molar refractivity (Wildman–Crippen MR) is 101 cm³/mol. The van der Waals surface area contributed by atoms with Gasteiger partial charge in [-0.2, -0.15) is 29.5 Å². The molecule has 0 aliphatic heterocycles. The molecule has 25 heavy (non-hydrogen) atoms. The Morgan fingerprint density at radius 2 is 1.96 bits per heavy atom. The molecule has 1 unspecified atom stereocenters. The minimum absolute atomic E-state index is 0. The van der Waals surface area contributed by atoms with E-state index in [9.17, 15) is 0 Å². The Bertz CT molecular complexity index is 663. The molecule has 0 bridgehead atoms. The van der Waals surface area contributed by atoms with Crippen molar-refractivity contribution in [1.82, 2.24) is 10.2 Å². The summed E-state index contributed by atoms with van der Waals surface area (Å²) in [4.78, 5) is 0. The van der Waals surface area contributed by atoms with E-state index < -0.39 is 0 Å². The molecule has 0 saturated heterocycles. The molecule has 0 radical (unpaired) electrons. The standard InChI is InChI=1S/C15H17N4.C5H9.Fe/c1-11(12-6-2-3-7-12)17-19-15-14-9-5-4-8-13(14)10-16-18-15;1-2-4-5-3-1;/h4-6,8-10,12H,2-3,7H2,1H3,(H,18,19);1H,2-5H2;/q2*-1;+2. The summed E-state index contributed by atoms with van der Waals surface area (Å²) in [5.74, 6) is 1.23. The molecule has 2 fully saturated rings. The van der Waals surface area contributed by atoms with Crippen molar-refractivity contribution in [2.24, 2.45) is 11.0 Å². The van der Waals surface area contributed by atoms with Crippen LogP contribution in [0.4, 0.5) is 5.82 Å². The minimum atomic E-state index is 0. The van der Waals surface area contributed by atoms with Crippen LogP contribution in [0.5, 0.6) is 0 Å². The van der Waals surface area contributed by atoms with Crippen LogP contribution in [-0.2, 0) is 17.1 Å². The minimum Gasteiger partial charge on any atom is -0.328 e. The third-order valence-corrected chi connectivity index (χ3v) is 4.68. The molecule has 1 heterocycles. The summed E-state index contributed by atoms with van der Waals surface area (Å²) >= 11 is 0. The number of fused-ring (bicyclic) bond motifs is 1. The Morgan fingerprint density at radius 1 is 1.16 bits per heavy atom. The summed E-state index contributed by atoms with van der Waals surface area (Å²) in [5.41, 5.74) is 4.18. The van der Waals surface area contributed by atoms with E-state index in [2.05, 4.69) is 40.5 Å². The third kappa shape index (κ3) is 5.79. The molecule has 2 aromatic rings. The molecule has 2 aliphatic rings. The molecule has 2 aliphatic carbocycles. The maximum absolute atomic E-state index is 4.46. The normalized spacial score (nSPS) is 19.9. The molecule has 1 N–H and O–H groups in total. The summed E-state index contributed by atoms with van der Waals surface area (Å²) in [6.45, 7) is 2.07. The van der Waals surface area contributed by atoms with Gasteiger partial charge in [0.15, 0.2) is 5.82 Å². The number of aromatic nitrogens is 2. The molecule has 1 aromatic carbocycles. The zero-order chi connectivity index (χ0) is 16.6. The summed E-state index contributed by atoms with van der Waals surface area (Å²) in [5, 5.41) is 14.7. The fourth-order valence-corrected chi connectivity index (χ4v) is 3.21. The molecular formula is C20H26FeN4. The molecule has 0 spiro atoms. The Hall–Kier alpha value is -1.45. The van der Waals surface area contributed by atoms with Crippen molar-refractivity contribution in [3.05, 3.63) is 43.3 Å². The van der Waals surface area contributed by atoms with Crippen molar-refractivity contribution >= 4 is 22.3 Å². The van der Waals surface area contributed by atoms with Gasteiger partial charge in [0.1, 0.15) is 0 Å². The van der Waals surface area contributed by atoms with E-state index in [0.29, 0.717) is 5.92 Å². The van der Waals surface area contributed by atoms with E-state index in [1.165, 1.54) is 44.9 Å². The van der Waals surface area contributed by atoms with E-state index in [1.807, 2.05) is 24.3 Å². The number of nitrogens with zero attached hydrogens (tertiary/aromatic N) is 3. The van der Waals surface area contributed by atoms with Gasteiger partial charge in [-0.15, -0.1) is 11.0 Å². The van der Waals surface area contributed by atoms with Crippen LogP contribution in [0, 0.1) is 18.8 Å². The van der Waals surface area contributed by atoms with Crippen LogP contribution in [-0.4, -0.2) is 15.9 Å². The second-order valence-electron chi connectivity index (χ2n) is 6.49. The number of anilines is 1. The predicted octanol–water partition coefficient (Wildman–Crippen LogP) is 5.18. The molecule has 1 atom stereocenters. The molecule has 0 amide bonds. The Balaban J connectivity index is 0.000000325. The Labute approximate surface area is 161 Å². The van der Waals surface area contributed by atoms with Crippen LogP contribution >= 0.6 is 0 Å². The Kier molecular flexibility index (Phi) is 8.36. The fourth-order valence-electron chi connectivity index (χ4n) is 3.21. The van der Waals surface area contributed by atoms with Gasteiger partial charge in [0.2, 0.25) is 0 Å². The molecule has 4 nitrogen and oxygen atoms in total. The molecule has 1 aromatic heterocycles. The number of nitrogens with one attached hydrogen (secondary N) is 1. The maximum atomic E-state index is 4.46. The third-order valence-electron chi connectivity index (χ3n) is 4.68. The molecule has 2 saturated carbocycles. The maximum Gasteiger partial charge on any atom is 2.00 e. The van der Waals surface area contributed by atoms with E-state index in [1.54, 1.807) is 6.20 Å². The Morgan fingerprint density at radius 3 is 2.64 bits per heavy atom. The van der Waals surface area contributed by atoms with Gasteiger partial charge in [-0.05, 0) is 6.92 Å². The molecule has 4 rings (SSSR count). The first-order valence-corrected chi connectivity index (χ1v) is 9.00. The topological polar surface area (TPSA) is 50.2 Å². The van der Waals surface area contributed by atoms with Crippen molar-refractivity contribution in [1.29, 1.82) is 0 Å². The second kappa shape index (κ2) is 10.5. The zero-order valence-corrected chi connectivity index (χ0v) is 15.9. The summed E-state index contributed by atoms with van der Waals surface area (Å²) in [6, 6.07) is 8.04. The van der Waals surface area contributed by atoms with Gasteiger partial charge >= 0.3 is 17.1 Å². The first-order valence-electron chi connectivity index (χ1n) is 9.00. The molecular weight excluding hydrogens is 352 g/mol. The first-order chi connectivity index (χ1) is 11.8. The average Bonchev–Trinajstić information content (AvgIpc) is 3.36. The second-order valence-corrected chi connectivity index (χ2v) is 6.49. The quantitative estimate of drug-likeness (QED) is 0.346. The van der Waals surface area contributed by atoms with Crippen LogP contribution in [0.15, 0.2) is 35.6 Å². The van der Waals surface area contributed by atoms with Crippen molar-refractivity contribution in [3.8, 4) is 0 Å². The van der Waals surface area contributed by atoms with Gasteiger partial charge in [0, 0.05) is 16.5 Å².